The molecule has 0 spiro atoms. The van der Waals surface area contributed by atoms with Gasteiger partial charge < -0.3 is 5.32 Å². The molecular weight excluding hydrogens is 319 g/mol. The molecule has 3 nitrogen and oxygen atoms in total. The maximum Gasteiger partial charge on any atom is 0.257 e. The van der Waals surface area contributed by atoms with Crippen molar-refractivity contribution < 1.29 is 4.79 Å². The highest BCUT2D eigenvalue weighted by atomic mass is 35.5. The van der Waals surface area contributed by atoms with Gasteiger partial charge in [0.15, 0.2) is 0 Å². The van der Waals surface area contributed by atoms with Gasteiger partial charge in [0.1, 0.15) is 6.07 Å². The summed E-state index contributed by atoms with van der Waals surface area (Å²) < 4.78 is 0. The van der Waals surface area contributed by atoms with Crippen LogP contribution in [-0.2, 0) is 0 Å². The Morgan fingerprint density at radius 3 is 2.40 bits per heavy atom. The molecule has 2 rings (SSSR count). The lowest BCUT2D eigenvalue weighted by Gasteiger charge is -2.08. The van der Waals surface area contributed by atoms with E-state index in [-0.39, 0.29) is 16.0 Å². The molecule has 0 bridgehead atoms. The summed E-state index contributed by atoms with van der Waals surface area (Å²) in [7, 11) is 0. The van der Waals surface area contributed by atoms with Crippen LogP contribution in [0.5, 0.6) is 0 Å². The summed E-state index contributed by atoms with van der Waals surface area (Å²) in [4.78, 5) is 12.1. The summed E-state index contributed by atoms with van der Waals surface area (Å²) in [5, 5.41) is 12.4. The quantitative estimate of drug-likeness (QED) is 0.864. The molecule has 0 aromatic heterocycles. The first-order chi connectivity index (χ1) is 9.51. The second-order valence-corrected chi connectivity index (χ2v) is 5.14. The monoisotopic (exact) mass is 324 g/mol. The smallest absolute Gasteiger partial charge is 0.257 e. The van der Waals surface area contributed by atoms with Crippen molar-refractivity contribution in [3.8, 4) is 6.07 Å². The lowest BCUT2D eigenvalue weighted by molar-refractivity contribution is 0.102. The van der Waals surface area contributed by atoms with Crippen LogP contribution in [0.4, 0.5) is 5.69 Å². The number of halogens is 3. The van der Waals surface area contributed by atoms with E-state index >= 15 is 0 Å². The number of benzene rings is 2. The van der Waals surface area contributed by atoms with E-state index in [9.17, 15) is 4.79 Å². The molecule has 1 amide bonds. The number of carbonyl (C=O) groups excluding carboxylic acids is 1. The summed E-state index contributed by atoms with van der Waals surface area (Å²) in [6.45, 7) is 0. The molecule has 2 aromatic rings. The van der Waals surface area contributed by atoms with E-state index in [1.54, 1.807) is 12.1 Å². The molecule has 0 unspecified atom stereocenters. The van der Waals surface area contributed by atoms with Crippen molar-refractivity contribution in [3.63, 3.8) is 0 Å². The molecule has 0 aliphatic rings. The zero-order valence-corrected chi connectivity index (χ0v) is 12.2. The SMILES string of the molecule is N#Cc1ccc(NC(=O)c2ccc(Cl)cc2Cl)cc1Cl. The largest absolute Gasteiger partial charge is 0.322 e. The topological polar surface area (TPSA) is 52.9 Å². The number of hydrogen-bond acceptors (Lipinski definition) is 2. The third kappa shape index (κ3) is 3.23. The van der Waals surface area contributed by atoms with E-state index < -0.39 is 0 Å². The van der Waals surface area contributed by atoms with E-state index in [0.29, 0.717) is 21.8 Å². The Bertz CT molecular complexity index is 723. The van der Waals surface area contributed by atoms with Crippen molar-refractivity contribution >= 4 is 46.4 Å². The molecule has 0 aliphatic carbocycles. The lowest BCUT2D eigenvalue weighted by atomic mass is 10.2. The first-order valence-corrected chi connectivity index (χ1v) is 6.60. The first kappa shape index (κ1) is 14.7. The third-order valence-electron chi connectivity index (χ3n) is 2.52. The van der Waals surface area contributed by atoms with E-state index in [0.717, 1.165) is 0 Å². The number of nitrogens with one attached hydrogen (secondary N) is 1. The second kappa shape index (κ2) is 6.15. The van der Waals surface area contributed by atoms with Gasteiger partial charge >= 0.3 is 0 Å². The van der Waals surface area contributed by atoms with E-state index in [2.05, 4.69) is 5.32 Å². The number of nitriles is 1. The molecule has 0 heterocycles. The molecule has 0 aliphatic heterocycles. The van der Waals surface area contributed by atoms with Crippen molar-refractivity contribution in [1.82, 2.24) is 0 Å². The Kier molecular flexibility index (Phi) is 4.51. The highest BCUT2D eigenvalue weighted by molar-refractivity contribution is 6.37. The molecule has 0 saturated heterocycles. The van der Waals surface area contributed by atoms with Gasteiger partial charge in [-0.1, -0.05) is 34.8 Å². The molecule has 20 heavy (non-hydrogen) atoms. The fourth-order valence-electron chi connectivity index (χ4n) is 1.56. The van der Waals surface area contributed by atoms with Crippen molar-refractivity contribution in [2.45, 2.75) is 0 Å². The Morgan fingerprint density at radius 2 is 1.80 bits per heavy atom. The molecule has 0 fully saturated rings. The van der Waals surface area contributed by atoms with Gasteiger partial charge in [0.2, 0.25) is 0 Å². The predicted molar refractivity (Wildman–Crippen MR) is 80.6 cm³/mol. The van der Waals surface area contributed by atoms with Gasteiger partial charge in [0.05, 0.1) is 21.2 Å². The molecule has 2 aromatic carbocycles. The standard InChI is InChI=1S/C14H7Cl3N2O/c15-9-2-4-11(13(17)5-9)14(20)19-10-3-1-8(7-18)12(16)6-10/h1-6H,(H,19,20). The van der Waals surface area contributed by atoms with Crippen LogP contribution >= 0.6 is 34.8 Å². The summed E-state index contributed by atoms with van der Waals surface area (Å²) in [6, 6.07) is 11.2. The number of carbonyl (C=O) groups is 1. The van der Waals surface area contributed by atoms with Gasteiger partial charge in [0.25, 0.3) is 5.91 Å². The molecule has 100 valence electrons. The average Bonchev–Trinajstić information content (AvgIpc) is 2.38. The lowest BCUT2D eigenvalue weighted by Crippen LogP contribution is -2.12. The fourth-order valence-corrected chi connectivity index (χ4v) is 2.27. The molecular formula is C14H7Cl3N2O. The van der Waals surface area contributed by atoms with Gasteiger partial charge in [-0.3, -0.25) is 4.79 Å². The minimum absolute atomic E-state index is 0.259. The third-order valence-corrected chi connectivity index (χ3v) is 3.38. The Hall–Kier alpha value is -1.73. The minimum atomic E-state index is -0.382. The molecule has 1 N–H and O–H groups in total. The number of amides is 1. The van der Waals surface area contributed by atoms with Gasteiger partial charge in [-0.2, -0.15) is 5.26 Å². The van der Waals surface area contributed by atoms with Crippen LogP contribution in [0.15, 0.2) is 36.4 Å². The van der Waals surface area contributed by atoms with Crippen LogP contribution in [0.25, 0.3) is 0 Å². The number of hydrogen-bond donors (Lipinski definition) is 1. The van der Waals surface area contributed by atoms with Crippen molar-refractivity contribution in [2.75, 3.05) is 5.32 Å². The molecule has 0 atom stereocenters. The van der Waals surface area contributed by atoms with Crippen LogP contribution in [0, 0.1) is 11.3 Å². The Labute approximate surface area is 130 Å². The van der Waals surface area contributed by atoms with Gasteiger partial charge in [-0.15, -0.1) is 0 Å². The zero-order chi connectivity index (χ0) is 14.7. The highest BCUT2D eigenvalue weighted by Crippen LogP contribution is 2.24. The van der Waals surface area contributed by atoms with Gasteiger partial charge in [-0.25, -0.2) is 0 Å². The van der Waals surface area contributed by atoms with E-state index in [1.165, 1.54) is 24.3 Å². The number of anilines is 1. The van der Waals surface area contributed by atoms with Gasteiger partial charge in [-0.05, 0) is 36.4 Å². The normalized spacial score (nSPS) is 9.90. The summed E-state index contributed by atoms with van der Waals surface area (Å²) in [6.07, 6.45) is 0. The van der Waals surface area contributed by atoms with Crippen LogP contribution in [0.1, 0.15) is 15.9 Å². The van der Waals surface area contributed by atoms with E-state index in [4.69, 9.17) is 40.1 Å². The Morgan fingerprint density at radius 1 is 1.05 bits per heavy atom. The van der Waals surface area contributed by atoms with E-state index in [1.807, 2.05) is 6.07 Å². The second-order valence-electron chi connectivity index (χ2n) is 3.88. The van der Waals surface area contributed by atoms with Crippen molar-refractivity contribution in [2.24, 2.45) is 0 Å². The first-order valence-electron chi connectivity index (χ1n) is 5.47. The number of rotatable bonds is 2. The summed E-state index contributed by atoms with van der Waals surface area (Å²) in [5.74, 6) is -0.382. The summed E-state index contributed by atoms with van der Waals surface area (Å²) >= 11 is 17.6. The maximum atomic E-state index is 12.1. The Balaban J connectivity index is 2.24. The van der Waals surface area contributed by atoms with Crippen LogP contribution in [0.3, 0.4) is 0 Å². The van der Waals surface area contributed by atoms with Crippen LogP contribution in [-0.4, -0.2) is 5.91 Å². The molecule has 0 radical (unpaired) electrons. The fraction of sp³-hybridized carbons (Fsp3) is 0. The highest BCUT2D eigenvalue weighted by Gasteiger charge is 2.11. The molecule has 6 heteroatoms. The van der Waals surface area contributed by atoms with Crippen molar-refractivity contribution in [1.29, 1.82) is 5.26 Å². The minimum Gasteiger partial charge on any atom is -0.322 e. The van der Waals surface area contributed by atoms with Gasteiger partial charge in [0, 0.05) is 10.7 Å². The number of nitrogens with zero attached hydrogens (tertiary/aromatic N) is 1. The molecule has 0 saturated carbocycles. The van der Waals surface area contributed by atoms with Crippen molar-refractivity contribution in [3.05, 3.63) is 62.6 Å². The van der Waals surface area contributed by atoms with Crippen LogP contribution in [0.2, 0.25) is 15.1 Å². The predicted octanol–water partition coefficient (Wildman–Crippen LogP) is 4.77. The summed E-state index contributed by atoms with van der Waals surface area (Å²) in [5.41, 5.74) is 1.12. The average molecular weight is 326 g/mol. The van der Waals surface area contributed by atoms with Crippen LogP contribution < -0.4 is 5.32 Å². The maximum absolute atomic E-state index is 12.1. The zero-order valence-electron chi connectivity index (χ0n) is 9.95.